The third-order valence-electron chi connectivity index (χ3n) is 4.54. The molecule has 0 amide bonds. The first-order valence-corrected chi connectivity index (χ1v) is 10.2. The molecule has 158 valence electrons. The van der Waals surface area contributed by atoms with Crippen LogP contribution in [0, 0.1) is 5.82 Å². The van der Waals surface area contributed by atoms with E-state index < -0.39 is 5.97 Å². The number of hydrogen-bond acceptors (Lipinski definition) is 6. The second-order valence-corrected chi connectivity index (χ2v) is 7.65. The number of carboxylic acid groups (broad SMARTS) is 1. The van der Waals surface area contributed by atoms with E-state index in [9.17, 15) is 14.3 Å². The third kappa shape index (κ3) is 4.18. The summed E-state index contributed by atoms with van der Waals surface area (Å²) in [6, 6.07) is 11.2. The highest BCUT2D eigenvalue weighted by Gasteiger charge is 2.24. The molecule has 0 aliphatic carbocycles. The number of pyridine rings is 1. The number of rotatable bonds is 6. The molecule has 1 aromatic carbocycles. The van der Waals surface area contributed by atoms with Crippen LogP contribution in [0.15, 0.2) is 58.1 Å². The molecule has 0 radical (unpaired) electrons. The molecule has 9 heteroatoms. The minimum absolute atomic E-state index is 0.0704. The Bertz CT molecular complexity index is 1260. The molecular weight excluding hydrogens is 421 g/mol. The van der Waals surface area contributed by atoms with Gasteiger partial charge in [0.2, 0.25) is 0 Å². The molecule has 0 fully saturated rings. The number of benzene rings is 1. The molecule has 0 aliphatic rings. The van der Waals surface area contributed by atoms with Crippen molar-refractivity contribution in [2.45, 2.75) is 6.92 Å². The van der Waals surface area contributed by atoms with Gasteiger partial charge >= 0.3 is 5.97 Å². The summed E-state index contributed by atoms with van der Waals surface area (Å²) in [7, 11) is 0. The zero-order valence-corrected chi connectivity index (χ0v) is 17.2. The van der Waals surface area contributed by atoms with Crippen molar-refractivity contribution in [3.8, 4) is 22.6 Å². The SMILES string of the molecule is CC(=NCCO)Nc1c(C(=O)O)sc2nc(-c3ccco3)cc(-c3ccc(F)cc3)c12. The standard InChI is InChI=1S/C22H18FN3O4S/c1-12(24-8-9-27)25-19-18-15(13-4-6-14(23)7-5-13)11-16(17-3-2-10-30-17)26-21(18)31-20(19)22(28)29/h2-7,10-11,27H,8-9H2,1H3,(H,24,25)(H,28,29). The van der Waals surface area contributed by atoms with Crippen LogP contribution in [0.2, 0.25) is 0 Å². The van der Waals surface area contributed by atoms with Crippen molar-refractivity contribution < 1.29 is 23.8 Å². The van der Waals surface area contributed by atoms with Gasteiger partial charge in [-0.1, -0.05) is 12.1 Å². The van der Waals surface area contributed by atoms with Crippen LogP contribution < -0.4 is 5.32 Å². The number of fused-ring (bicyclic) bond motifs is 1. The monoisotopic (exact) mass is 439 g/mol. The molecule has 0 saturated heterocycles. The van der Waals surface area contributed by atoms with Crippen LogP contribution in [0.25, 0.3) is 32.8 Å². The fraction of sp³-hybridized carbons (Fsp3) is 0.136. The van der Waals surface area contributed by atoms with Crippen molar-refractivity contribution in [3.05, 3.63) is 59.4 Å². The Labute approximate surface area is 180 Å². The second kappa shape index (κ2) is 8.66. The number of anilines is 1. The van der Waals surface area contributed by atoms with Gasteiger partial charge in [-0.3, -0.25) is 4.99 Å². The number of furan rings is 1. The van der Waals surface area contributed by atoms with Crippen LogP contribution in [0.5, 0.6) is 0 Å². The maximum absolute atomic E-state index is 13.5. The Kier molecular flexibility index (Phi) is 5.79. The highest BCUT2D eigenvalue weighted by molar-refractivity contribution is 7.21. The van der Waals surface area contributed by atoms with E-state index in [0.29, 0.717) is 44.3 Å². The predicted molar refractivity (Wildman–Crippen MR) is 118 cm³/mol. The molecule has 7 nitrogen and oxygen atoms in total. The van der Waals surface area contributed by atoms with Crippen LogP contribution in [0.4, 0.5) is 10.1 Å². The van der Waals surface area contributed by atoms with Crippen molar-refractivity contribution in [1.29, 1.82) is 0 Å². The van der Waals surface area contributed by atoms with Crippen LogP contribution >= 0.6 is 11.3 Å². The zero-order valence-electron chi connectivity index (χ0n) is 16.4. The number of halogens is 1. The Hall–Kier alpha value is -3.56. The molecule has 0 aliphatic heterocycles. The Morgan fingerprint density at radius 1 is 1.29 bits per heavy atom. The summed E-state index contributed by atoms with van der Waals surface area (Å²) in [5.74, 6) is -0.491. The summed E-state index contributed by atoms with van der Waals surface area (Å²) < 4.78 is 19.0. The Morgan fingerprint density at radius 3 is 2.71 bits per heavy atom. The van der Waals surface area contributed by atoms with Gasteiger partial charge in [0.25, 0.3) is 0 Å². The van der Waals surface area contributed by atoms with E-state index in [1.165, 1.54) is 18.4 Å². The van der Waals surface area contributed by atoms with E-state index >= 15 is 0 Å². The van der Waals surface area contributed by atoms with Gasteiger partial charge in [0.1, 0.15) is 21.2 Å². The molecular formula is C22H18FN3O4S. The minimum atomic E-state index is -1.11. The smallest absolute Gasteiger partial charge is 0.348 e. The van der Waals surface area contributed by atoms with E-state index in [1.54, 1.807) is 37.3 Å². The normalized spacial score (nSPS) is 11.8. The fourth-order valence-corrected chi connectivity index (χ4v) is 4.21. The van der Waals surface area contributed by atoms with Gasteiger partial charge in [-0.25, -0.2) is 14.2 Å². The Morgan fingerprint density at radius 2 is 2.06 bits per heavy atom. The molecule has 3 aromatic heterocycles. The summed E-state index contributed by atoms with van der Waals surface area (Å²) in [6.07, 6.45) is 1.53. The number of hydrogen-bond donors (Lipinski definition) is 3. The largest absolute Gasteiger partial charge is 0.477 e. The van der Waals surface area contributed by atoms with Gasteiger partial charge in [-0.05, 0) is 48.4 Å². The number of aromatic carboxylic acids is 1. The van der Waals surface area contributed by atoms with Gasteiger partial charge in [0.05, 0.1) is 30.9 Å². The topological polar surface area (TPSA) is 108 Å². The molecule has 3 N–H and O–H groups in total. The van der Waals surface area contributed by atoms with Crippen LogP contribution in [0.1, 0.15) is 16.6 Å². The number of nitrogens with one attached hydrogen (secondary N) is 1. The van der Waals surface area contributed by atoms with E-state index in [0.717, 1.165) is 11.3 Å². The summed E-state index contributed by atoms with van der Waals surface area (Å²) >= 11 is 1.03. The molecule has 4 rings (SSSR count). The number of thiophene rings is 1. The van der Waals surface area contributed by atoms with E-state index in [-0.39, 0.29) is 23.8 Å². The molecule has 4 aromatic rings. The lowest BCUT2D eigenvalue weighted by Gasteiger charge is -2.11. The number of nitrogens with zero attached hydrogens (tertiary/aromatic N) is 2. The average molecular weight is 439 g/mol. The zero-order chi connectivity index (χ0) is 22.0. The van der Waals surface area contributed by atoms with Crippen molar-refractivity contribution in [2.75, 3.05) is 18.5 Å². The molecule has 0 spiro atoms. The number of aliphatic hydroxyl groups excluding tert-OH is 1. The van der Waals surface area contributed by atoms with Crippen LogP contribution in [-0.4, -0.2) is 40.2 Å². The summed E-state index contributed by atoms with van der Waals surface area (Å²) in [5.41, 5.74) is 2.26. The van der Waals surface area contributed by atoms with Gasteiger partial charge in [-0.2, -0.15) is 0 Å². The lowest BCUT2D eigenvalue weighted by molar-refractivity contribution is 0.0703. The van der Waals surface area contributed by atoms with Gasteiger partial charge in [0, 0.05) is 5.39 Å². The number of carbonyl (C=O) groups is 1. The third-order valence-corrected chi connectivity index (χ3v) is 5.61. The highest BCUT2D eigenvalue weighted by atomic mass is 32.1. The van der Waals surface area contributed by atoms with Gasteiger partial charge in [-0.15, -0.1) is 11.3 Å². The van der Waals surface area contributed by atoms with Crippen molar-refractivity contribution in [2.24, 2.45) is 4.99 Å². The van der Waals surface area contributed by atoms with Crippen molar-refractivity contribution in [1.82, 2.24) is 4.98 Å². The number of aliphatic hydroxyl groups is 1. The number of aliphatic imine (C=N–C) groups is 1. The predicted octanol–water partition coefficient (Wildman–Crippen LogP) is 4.88. The molecule has 31 heavy (non-hydrogen) atoms. The van der Waals surface area contributed by atoms with E-state index in [2.05, 4.69) is 15.3 Å². The number of aromatic nitrogens is 1. The van der Waals surface area contributed by atoms with Gasteiger partial charge in [0.15, 0.2) is 5.76 Å². The second-order valence-electron chi connectivity index (χ2n) is 6.65. The first kappa shape index (κ1) is 20.7. The lowest BCUT2D eigenvalue weighted by atomic mass is 10.0. The molecule has 3 heterocycles. The quantitative estimate of drug-likeness (QED) is 0.292. The number of amidine groups is 1. The summed E-state index contributed by atoms with van der Waals surface area (Å²) in [5, 5.41) is 22.5. The molecule has 0 bridgehead atoms. The van der Waals surface area contributed by atoms with E-state index in [1.807, 2.05) is 0 Å². The molecule has 0 saturated carbocycles. The molecule has 0 atom stereocenters. The van der Waals surface area contributed by atoms with Crippen LogP contribution in [0.3, 0.4) is 0 Å². The maximum atomic E-state index is 13.5. The minimum Gasteiger partial charge on any atom is -0.477 e. The lowest BCUT2D eigenvalue weighted by Crippen LogP contribution is -2.11. The van der Waals surface area contributed by atoms with E-state index in [4.69, 9.17) is 9.52 Å². The van der Waals surface area contributed by atoms with Crippen LogP contribution in [-0.2, 0) is 0 Å². The number of carboxylic acids is 1. The van der Waals surface area contributed by atoms with Gasteiger partial charge < -0.3 is 19.9 Å². The van der Waals surface area contributed by atoms with Crippen molar-refractivity contribution >= 4 is 39.0 Å². The fourth-order valence-electron chi connectivity index (χ4n) is 3.21. The average Bonchev–Trinajstić information content (AvgIpc) is 3.41. The Balaban J connectivity index is 2.00. The maximum Gasteiger partial charge on any atom is 0.348 e. The highest BCUT2D eigenvalue weighted by Crippen LogP contribution is 2.43. The molecule has 0 unspecified atom stereocenters. The van der Waals surface area contributed by atoms with Crippen molar-refractivity contribution in [3.63, 3.8) is 0 Å². The summed E-state index contributed by atoms with van der Waals surface area (Å²) in [4.78, 5) is 21.3. The summed E-state index contributed by atoms with van der Waals surface area (Å²) in [6.45, 7) is 1.76. The first-order valence-electron chi connectivity index (χ1n) is 9.37. The first-order chi connectivity index (χ1) is 15.0.